The standard InChI is InChI=1S/C20H21NO5S/c22-19(23)16-6-7-17(18(12-16)27-25)15-8-10-21(11-9-15)20(24)26-13-14-4-2-1-3-5-14/h1-7,15H,8-13H2,(H,22,23). The van der Waals surface area contributed by atoms with E-state index >= 15 is 0 Å². The third kappa shape index (κ3) is 4.74. The lowest BCUT2D eigenvalue weighted by Crippen LogP contribution is -2.40. The number of amides is 1. The SMILES string of the molecule is O=S=C1CC(C(=O)O)=CC=C1C1CCN(C(=O)OCc2ccccc2)CC1. The molecule has 0 saturated carbocycles. The van der Waals surface area contributed by atoms with Gasteiger partial charge in [0, 0.05) is 25.1 Å². The molecule has 1 fully saturated rings. The van der Waals surface area contributed by atoms with Crippen molar-refractivity contribution in [3.63, 3.8) is 0 Å². The van der Waals surface area contributed by atoms with Gasteiger partial charge in [-0.1, -0.05) is 42.5 Å². The molecule has 7 heteroatoms. The second-order valence-corrected chi connectivity index (χ2v) is 7.26. The van der Waals surface area contributed by atoms with Crippen LogP contribution >= 0.6 is 0 Å². The van der Waals surface area contributed by atoms with E-state index in [0.717, 1.165) is 24.0 Å². The molecule has 0 radical (unpaired) electrons. The average Bonchev–Trinajstić information content (AvgIpc) is 2.72. The molecule has 0 atom stereocenters. The molecule has 2 aliphatic rings. The number of piperidine rings is 1. The summed E-state index contributed by atoms with van der Waals surface area (Å²) in [7, 11) is 0. The third-order valence-electron chi connectivity index (χ3n) is 4.91. The van der Waals surface area contributed by atoms with E-state index in [9.17, 15) is 13.8 Å². The normalized spacial score (nSPS) is 17.8. The molecule has 1 aliphatic heterocycles. The number of likely N-dealkylation sites (tertiary alicyclic amines) is 1. The van der Waals surface area contributed by atoms with Crippen LogP contribution in [0.25, 0.3) is 0 Å². The van der Waals surface area contributed by atoms with Crippen molar-refractivity contribution in [2.45, 2.75) is 25.9 Å². The minimum Gasteiger partial charge on any atom is -0.478 e. The molecule has 1 aromatic rings. The van der Waals surface area contributed by atoms with Gasteiger partial charge in [0.15, 0.2) is 0 Å². The van der Waals surface area contributed by atoms with Crippen molar-refractivity contribution in [2.24, 2.45) is 5.92 Å². The number of allylic oxidation sites excluding steroid dienone is 3. The summed E-state index contributed by atoms with van der Waals surface area (Å²) in [6.07, 6.45) is 4.64. The highest BCUT2D eigenvalue weighted by molar-refractivity contribution is 7.67. The summed E-state index contributed by atoms with van der Waals surface area (Å²) in [5.41, 5.74) is 2.09. The van der Waals surface area contributed by atoms with Gasteiger partial charge in [-0.3, -0.25) is 0 Å². The van der Waals surface area contributed by atoms with Gasteiger partial charge in [0.2, 0.25) is 0 Å². The predicted molar refractivity (Wildman–Crippen MR) is 102 cm³/mol. The largest absolute Gasteiger partial charge is 0.478 e. The summed E-state index contributed by atoms with van der Waals surface area (Å²) in [5, 5.41) is 9.10. The fourth-order valence-electron chi connectivity index (χ4n) is 3.39. The molecule has 0 spiro atoms. The first-order valence-electron chi connectivity index (χ1n) is 8.84. The molecule has 0 bridgehead atoms. The summed E-state index contributed by atoms with van der Waals surface area (Å²) < 4.78 is 16.8. The Labute approximate surface area is 161 Å². The Kier molecular flexibility index (Phi) is 6.24. The minimum absolute atomic E-state index is 0.159. The first-order valence-corrected chi connectivity index (χ1v) is 9.58. The maximum atomic E-state index is 12.2. The van der Waals surface area contributed by atoms with Crippen LogP contribution in [0.5, 0.6) is 0 Å². The number of benzene rings is 1. The number of carbonyl (C=O) groups excluding carboxylic acids is 1. The first kappa shape index (κ1) is 19.1. The number of rotatable bonds is 4. The third-order valence-corrected chi connectivity index (χ3v) is 5.49. The van der Waals surface area contributed by atoms with E-state index < -0.39 is 5.97 Å². The Balaban J connectivity index is 1.56. The van der Waals surface area contributed by atoms with Crippen LogP contribution in [0.1, 0.15) is 24.8 Å². The Morgan fingerprint density at radius 2 is 1.85 bits per heavy atom. The van der Waals surface area contributed by atoms with Crippen LogP contribution in [0, 0.1) is 5.92 Å². The minimum atomic E-state index is -0.993. The van der Waals surface area contributed by atoms with Crippen LogP contribution < -0.4 is 0 Å². The molecule has 6 nitrogen and oxygen atoms in total. The lowest BCUT2D eigenvalue weighted by molar-refractivity contribution is -0.132. The van der Waals surface area contributed by atoms with Crippen LogP contribution in [0.3, 0.4) is 0 Å². The van der Waals surface area contributed by atoms with E-state index in [0.29, 0.717) is 29.2 Å². The molecule has 0 aromatic heterocycles. The molecule has 1 saturated heterocycles. The Morgan fingerprint density at radius 1 is 1.15 bits per heavy atom. The molecule has 1 heterocycles. The number of carboxylic acids is 1. The molecule has 27 heavy (non-hydrogen) atoms. The van der Waals surface area contributed by atoms with Gasteiger partial charge in [0.05, 0.1) is 16.1 Å². The van der Waals surface area contributed by atoms with Crippen molar-refractivity contribution in [3.8, 4) is 0 Å². The van der Waals surface area contributed by atoms with Gasteiger partial charge >= 0.3 is 12.1 Å². The highest BCUT2D eigenvalue weighted by Crippen LogP contribution is 2.30. The molecule has 142 valence electrons. The molecule has 3 rings (SSSR count). The second kappa shape index (κ2) is 8.81. The average molecular weight is 387 g/mol. The number of hydrogen-bond donors (Lipinski definition) is 1. The van der Waals surface area contributed by atoms with E-state index in [2.05, 4.69) is 0 Å². The van der Waals surface area contributed by atoms with Crippen LogP contribution in [0.4, 0.5) is 4.79 Å². The number of hydrogen-bond acceptors (Lipinski definition) is 4. The zero-order valence-electron chi connectivity index (χ0n) is 14.8. The summed E-state index contributed by atoms with van der Waals surface area (Å²) in [5.74, 6) is -0.834. The smallest absolute Gasteiger partial charge is 0.410 e. The number of carboxylic acid groups (broad SMARTS) is 1. The van der Waals surface area contributed by atoms with Gasteiger partial charge in [-0.15, -0.1) is 0 Å². The van der Waals surface area contributed by atoms with Gasteiger partial charge in [-0.05, 0) is 29.9 Å². The maximum absolute atomic E-state index is 12.2. The molecule has 1 N–H and O–H groups in total. The molecule has 0 unspecified atom stereocenters. The quantitative estimate of drug-likeness (QED) is 0.803. The summed E-state index contributed by atoms with van der Waals surface area (Å²) in [6, 6.07) is 9.53. The highest BCUT2D eigenvalue weighted by atomic mass is 32.1. The fraction of sp³-hybridized carbons (Fsp3) is 0.350. The maximum Gasteiger partial charge on any atom is 0.410 e. The molecular formula is C20H21NO5S. The zero-order valence-corrected chi connectivity index (χ0v) is 15.6. The fourth-order valence-corrected chi connectivity index (χ4v) is 3.93. The number of aliphatic carboxylic acids is 1. The highest BCUT2D eigenvalue weighted by Gasteiger charge is 2.29. The lowest BCUT2D eigenvalue weighted by Gasteiger charge is -2.33. The van der Waals surface area contributed by atoms with E-state index in [-0.39, 0.29) is 30.6 Å². The van der Waals surface area contributed by atoms with E-state index in [1.54, 1.807) is 17.1 Å². The molecular weight excluding hydrogens is 366 g/mol. The Hall–Kier alpha value is -2.67. The Bertz CT molecular complexity index is 831. The Morgan fingerprint density at radius 3 is 2.48 bits per heavy atom. The summed E-state index contributed by atoms with van der Waals surface area (Å²) in [4.78, 5) is 25.6. The van der Waals surface area contributed by atoms with Crippen molar-refractivity contribution >= 4 is 28.2 Å². The monoisotopic (exact) mass is 387 g/mol. The van der Waals surface area contributed by atoms with E-state index in [4.69, 9.17) is 9.84 Å². The van der Waals surface area contributed by atoms with Gasteiger partial charge < -0.3 is 14.7 Å². The van der Waals surface area contributed by atoms with Crippen LogP contribution in [0.15, 0.2) is 53.6 Å². The van der Waals surface area contributed by atoms with E-state index in [1.807, 2.05) is 30.3 Å². The first-order chi connectivity index (χ1) is 13.1. The van der Waals surface area contributed by atoms with Crippen molar-refractivity contribution < 1.29 is 23.6 Å². The van der Waals surface area contributed by atoms with Gasteiger partial charge in [0.1, 0.15) is 6.61 Å². The van der Waals surface area contributed by atoms with Crippen LogP contribution in [-0.4, -0.2) is 44.2 Å². The number of ether oxygens (including phenoxy) is 1. The summed E-state index contributed by atoms with van der Waals surface area (Å²) >= 11 is 0.370. The van der Waals surface area contributed by atoms with Crippen molar-refractivity contribution in [1.29, 1.82) is 0 Å². The van der Waals surface area contributed by atoms with Crippen LogP contribution in [0.2, 0.25) is 0 Å². The van der Waals surface area contributed by atoms with Gasteiger partial charge in [-0.25, -0.2) is 13.8 Å². The number of nitrogens with zero attached hydrogens (tertiary/aromatic N) is 1. The van der Waals surface area contributed by atoms with Gasteiger partial charge in [-0.2, -0.15) is 0 Å². The molecule has 1 aliphatic carbocycles. The summed E-state index contributed by atoms with van der Waals surface area (Å²) in [6.45, 7) is 1.36. The zero-order chi connectivity index (χ0) is 19.2. The molecule has 1 amide bonds. The molecule has 1 aromatic carbocycles. The van der Waals surface area contributed by atoms with E-state index in [1.165, 1.54) is 0 Å². The van der Waals surface area contributed by atoms with Crippen molar-refractivity contribution in [1.82, 2.24) is 4.90 Å². The van der Waals surface area contributed by atoms with Crippen molar-refractivity contribution in [2.75, 3.05) is 13.1 Å². The predicted octanol–water partition coefficient (Wildman–Crippen LogP) is 2.76. The number of carbonyl (C=O) groups is 2. The van der Waals surface area contributed by atoms with Gasteiger partial charge in [0.25, 0.3) is 0 Å². The lowest BCUT2D eigenvalue weighted by atomic mass is 9.83. The van der Waals surface area contributed by atoms with Crippen LogP contribution in [-0.2, 0) is 27.4 Å². The topological polar surface area (TPSA) is 83.9 Å². The van der Waals surface area contributed by atoms with Crippen molar-refractivity contribution in [3.05, 3.63) is 59.2 Å². The second-order valence-electron chi connectivity index (χ2n) is 6.60.